The lowest BCUT2D eigenvalue weighted by molar-refractivity contribution is 0.186. The number of pyridine rings is 1. The third kappa shape index (κ3) is 3.83. The molecule has 2 aromatic heterocycles. The van der Waals surface area contributed by atoms with Crippen molar-refractivity contribution in [3.05, 3.63) is 78.4 Å². The molecule has 0 saturated carbocycles. The summed E-state index contributed by atoms with van der Waals surface area (Å²) in [5, 5.41) is 4.15. The van der Waals surface area contributed by atoms with E-state index < -0.39 is 0 Å². The zero-order chi connectivity index (χ0) is 20.2. The van der Waals surface area contributed by atoms with E-state index in [1.165, 1.54) is 0 Å². The van der Waals surface area contributed by atoms with Gasteiger partial charge in [0.2, 0.25) is 0 Å². The SMILES string of the molecule is COCCn1cccc1[C@@H]1[C@@H](c2ccccn2)NC(=S)N1c1cccc(OC)c1. The van der Waals surface area contributed by atoms with Crippen LogP contribution >= 0.6 is 12.2 Å². The Kier molecular flexibility index (Phi) is 5.78. The highest BCUT2D eigenvalue weighted by molar-refractivity contribution is 7.80. The standard InChI is InChI=1S/C22H24N4O2S/c1-27-14-13-25-12-6-10-19(25)21-20(18-9-3-4-11-23-18)24-22(29)26(21)16-7-5-8-17(15-16)28-2/h3-12,15,20-21H,13-14H2,1-2H3,(H,24,29)/t20-,21-/m1/s1. The normalized spacial score (nSPS) is 18.7. The van der Waals surface area contributed by atoms with Gasteiger partial charge in [0.25, 0.3) is 0 Å². The fraction of sp³-hybridized carbons (Fsp3) is 0.273. The monoisotopic (exact) mass is 408 g/mol. The molecule has 2 atom stereocenters. The van der Waals surface area contributed by atoms with Gasteiger partial charge >= 0.3 is 0 Å². The molecule has 0 spiro atoms. The summed E-state index contributed by atoms with van der Waals surface area (Å²) in [6.45, 7) is 1.41. The van der Waals surface area contributed by atoms with Gasteiger partial charge in [0.05, 0.1) is 25.5 Å². The Morgan fingerprint density at radius 1 is 1.10 bits per heavy atom. The van der Waals surface area contributed by atoms with Crippen molar-refractivity contribution in [3.8, 4) is 5.75 Å². The van der Waals surface area contributed by atoms with Crippen molar-refractivity contribution in [1.82, 2.24) is 14.9 Å². The number of nitrogens with zero attached hydrogens (tertiary/aromatic N) is 3. The lowest BCUT2D eigenvalue weighted by Gasteiger charge is -2.29. The molecule has 0 aliphatic carbocycles. The molecule has 150 valence electrons. The van der Waals surface area contributed by atoms with Crippen LogP contribution in [0, 0.1) is 0 Å². The van der Waals surface area contributed by atoms with E-state index in [0.29, 0.717) is 11.7 Å². The first kappa shape index (κ1) is 19.4. The fourth-order valence-corrected chi connectivity index (χ4v) is 4.13. The van der Waals surface area contributed by atoms with E-state index >= 15 is 0 Å². The van der Waals surface area contributed by atoms with Gasteiger partial charge in [-0.1, -0.05) is 12.1 Å². The number of aromatic nitrogens is 2. The van der Waals surface area contributed by atoms with Gasteiger partial charge in [-0.2, -0.15) is 0 Å². The Morgan fingerprint density at radius 2 is 2.00 bits per heavy atom. The van der Waals surface area contributed by atoms with Gasteiger partial charge < -0.3 is 24.3 Å². The molecule has 3 heterocycles. The van der Waals surface area contributed by atoms with Gasteiger partial charge in [0, 0.05) is 43.5 Å². The van der Waals surface area contributed by atoms with Gasteiger partial charge in [0.1, 0.15) is 11.8 Å². The molecular weight excluding hydrogens is 384 g/mol. The average molecular weight is 409 g/mol. The average Bonchev–Trinajstić information content (AvgIpc) is 3.36. The van der Waals surface area contributed by atoms with Crippen LogP contribution in [0.4, 0.5) is 5.69 Å². The Balaban J connectivity index is 1.81. The first-order valence-electron chi connectivity index (χ1n) is 9.51. The molecule has 1 saturated heterocycles. The third-order valence-electron chi connectivity index (χ3n) is 5.13. The zero-order valence-corrected chi connectivity index (χ0v) is 17.3. The van der Waals surface area contributed by atoms with Crippen molar-refractivity contribution in [2.45, 2.75) is 18.6 Å². The van der Waals surface area contributed by atoms with Crippen molar-refractivity contribution in [1.29, 1.82) is 0 Å². The predicted molar refractivity (Wildman–Crippen MR) is 117 cm³/mol. The summed E-state index contributed by atoms with van der Waals surface area (Å²) < 4.78 is 13.0. The number of methoxy groups -OCH3 is 2. The molecule has 3 aromatic rings. The van der Waals surface area contributed by atoms with Crippen molar-refractivity contribution >= 4 is 23.0 Å². The summed E-state index contributed by atoms with van der Waals surface area (Å²) in [5.74, 6) is 0.792. The topological polar surface area (TPSA) is 51.5 Å². The number of hydrogen-bond donors (Lipinski definition) is 1. The van der Waals surface area contributed by atoms with Crippen molar-refractivity contribution in [3.63, 3.8) is 0 Å². The second-order valence-electron chi connectivity index (χ2n) is 6.82. The first-order valence-corrected chi connectivity index (χ1v) is 9.92. The van der Waals surface area contributed by atoms with Crippen LogP contribution in [0.1, 0.15) is 23.5 Å². The molecule has 1 aliphatic heterocycles. The maximum Gasteiger partial charge on any atom is 0.174 e. The number of thiocarbonyl (C=S) groups is 1. The quantitative estimate of drug-likeness (QED) is 0.602. The molecule has 0 amide bonds. The largest absolute Gasteiger partial charge is 0.497 e. The van der Waals surface area contributed by atoms with E-state index in [-0.39, 0.29) is 12.1 Å². The molecule has 0 bridgehead atoms. The van der Waals surface area contributed by atoms with Crippen LogP contribution in [0.25, 0.3) is 0 Å². The summed E-state index contributed by atoms with van der Waals surface area (Å²) in [6.07, 6.45) is 3.89. The smallest absolute Gasteiger partial charge is 0.174 e. The Labute approximate surface area is 176 Å². The summed E-state index contributed by atoms with van der Waals surface area (Å²) in [5.41, 5.74) is 3.07. The van der Waals surface area contributed by atoms with E-state index in [1.807, 2.05) is 48.7 Å². The van der Waals surface area contributed by atoms with Crippen molar-refractivity contribution < 1.29 is 9.47 Å². The van der Waals surface area contributed by atoms with Crippen LogP contribution in [-0.4, -0.2) is 35.5 Å². The number of benzene rings is 1. The first-order chi connectivity index (χ1) is 14.2. The molecule has 1 N–H and O–H groups in total. The van der Waals surface area contributed by atoms with E-state index in [2.05, 4.69) is 38.1 Å². The molecule has 6 nitrogen and oxygen atoms in total. The lowest BCUT2D eigenvalue weighted by Crippen LogP contribution is -2.30. The van der Waals surface area contributed by atoms with Crippen LogP contribution in [-0.2, 0) is 11.3 Å². The Bertz CT molecular complexity index is 976. The second-order valence-corrected chi connectivity index (χ2v) is 7.20. The molecule has 1 aliphatic rings. The van der Waals surface area contributed by atoms with E-state index in [1.54, 1.807) is 14.2 Å². The highest BCUT2D eigenvalue weighted by atomic mass is 32.1. The van der Waals surface area contributed by atoms with Gasteiger partial charge in [-0.25, -0.2) is 0 Å². The number of nitrogens with one attached hydrogen (secondary N) is 1. The van der Waals surface area contributed by atoms with Crippen molar-refractivity contribution in [2.24, 2.45) is 0 Å². The summed E-state index contributed by atoms with van der Waals surface area (Å²) >= 11 is 5.77. The minimum atomic E-state index is -0.0777. The Hall–Kier alpha value is -2.90. The third-order valence-corrected chi connectivity index (χ3v) is 5.45. The van der Waals surface area contributed by atoms with Crippen molar-refractivity contribution in [2.75, 3.05) is 25.7 Å². The molecule has 1 fully saturated rings. The maximum atomic E-state index is 5.77. The summed E-state index contributed by atoms with van der Waals surface area (Å²) in [7, 11) is 3.39. The highest BCUT2D eigenvalue weighted by Gasteiger charge is 2.42. The van der Waals surface area contributed by atoms with Crippen LogP contribution < -0.4 is 15.0 Å². The molecule has 7 heteroatoms. The molecule has 29 heavy (non-hydrogen) atoms. The summed E-state index contributed by atoms with van der Waals surface area (Å²) in [6, 6.07) is 18.0. The number of anilines is 1. The van der Waals surface area contributed by atoms with Crippen LogP contribution in [0.3, 0.4) is 0 Å². The van der Waals surface area contributed by atoms with Gasteiger partial charge in [-0.3, -0.25) is 4.98 Å². The minimum Gasteiger partial charge on any atom is -0.497 e. The Morgan fingerprint density at radius 3 is 2.76 bits per heavy atom. The molecule has 0 unspecified atom stereocenters. The fourth-order valence-electron chi connectivity index (χ4n) is 3.78. The van der Waals surface area contributed by atoms with E-state index in [0.717, 1.165) is 29.4 Å². The number of hydrogen-bond acceptors (Lipinski definition) is 4. The van der Waals surface area contributed by atoms with E-state index in [9.17, 15) is 0 Å². The van der Waals surface area contributed by atoms with Gasteiger partial charge in [-0.15, -0.1) is 0 Å². The van der Waals surface area contributed by atoms with Gasteiger partial charge in [0.15, 0.2) is 5.11 Å². The second kappa shape index (κ2) is 8.63. The lowest BCUT2D eigenvalue weighted by atomic mass is 10.0. The van der Waals surface area contributed by atoms with E-state index in [4.69, 9.17) is 21.7 Å². The number of rotatable bonds is 7. The minimum absolute atomic E-state index is 0.0589. The van der Waals surface area contributed by atoms with Crippen LogP contribution in [0.15, 0.2) is 67.0 Å². The molecule has 4 rings (SSSR count). The molecule has 1 aromatic carbocycles. The van der Waals surface area contributed by atoms with Gasteiger partial charge in [-0.05, 0) is 48.6 Å². The maximum absolute atomic E-state index is 5.77. The highest BCUT2D eigenvalue weighted by Crippen LogP contribution is 2.42. The predicted octanol–water partition coefficient (Wildman–Crippen LogP) is 3.72. The molecular formula is C22H24N4O2S. The molecule has 0 radical (unpaired) electrons. The van der Waals surface area contributed by atoms with Crippen LogP contribution in [0.2, 0.25) is 0 Å². The van der Waals surface area contributed by atoms with Crippen LogP contribution in [0.5, 0.6) is 5.75 Å². The zero-order valence-electron chi connectivity index (χ0n) is 16.5. The summed E-state index contributed by atoms with van der Waals surface area (Å²) in [4.78, 5) is 6.75. The number of ether oxygens (including phenoxy) is 2.